The van der Waals surface area contributed by atoms with E-state index in [9.17, 15) is 4.79 Å². The molecule has 0 bridgehead atoms. The van der Waals surface area contributed by atoms with Gasteiger partial charge in [-0.25, -0.2) is 9.78 Å². The highest BCUT2D eigenvalue weighted by Crippen LogP contribution is 2.21. The summed E-state index contributed by atoms with van der Waals surface area (Å²) in [5.41, 5.74) is 1.14. The van der Waals surface area contributed by atoms with Crippen LogP contribution in [0.2, 0.25) is 5.02 Å². The number of piperazine rings is 1. The zero-order valence-electron chi connectivity index (χ0n) is 13.5. The van der Waals surface area contributed by atoms with Crippen molar-refractivity contribution >= 4 is 34.3 Å². The van der Waals surface area contributed by atoms with Crippen LogP contribution in [0.4, 0.5) is 9.93 Å². The van der Waals surface area contributed by atoms with Crippen molar-refractivity contribution in [3.8, 4) is 0 Å². The minimum Gasteiger partial charge on any atom is -0.343 e. The summed E-state index contributed by atoms with van der Waals surface area (Å²) in [5, 5.41) is 4.50. The lowest BCUT2D eigenvalue weighted by Crippen LogP contribution is -2.51. The second kappa shape index (κ2) is 7.81. The monoisotopic (exact) mass is 365 g/mol. The Morgan fingerprint density at radius 2 is 1.96 bits per heavy atom. The Balaban J connectivity index is 1.56. The van der Waals surface area contributed by atoms with Crippen LogP contribution in [-0.4, -0.2) is 53.0 Å². The van der Waals surface area contributed by atoms with Crippen molar-refractivity contribution in [2.75, 3.05) is 37.6 Å². The molecule has 0 spiro atoms. The molecule has 2 amide bonds. The van der Waals surface area contributed by atoms with Gasteiger partial charge in [-0.2, -0.15) is 4.37 Å². The summed E-state index contributed by atoms with van der Waals surface area (Å²) >= 11 is 7.32. The Morgan fingerprint density at radius 3 is 2.62 bits per heavy atom. The molecular formula is C16H20ClN5OS. The highest BCUT2D eigenvalue weighted by Gasteiger charge is 2.22. The van der Waals surface area contributed by atoms with Gasteiger partial charge >= 0.3 is 6.03 Å². The number of hydrogen-bond acceptors (Lipinski definition) is 5. The van der Waals surface area contributed by atoms with Gasteiger partial charge in [-0.3, -0.25) is 0 Å². The maximum absolute atomic E-state index is 11.8. The molecule has 0 saturated carbocycles. The number of rotatable bonds is 4. The first-order valence-corrected chi connectivity index (χ1v) is 9.15. The fourth-order valence-electron chi connectivity index (χ4n) is 2.59. The van der Waals surface area contributed by atoms with Gasteiger partial charge in [0.25, 0.3) is 0 Å². The maximum atomic E-state index is 11.8. The van der Waals surface area contributed by atoms with Crippen molar-refractivity contribution in [1.82, 2.24) is 19.6 Å². The lowest BCUT2D eigenvalue weighted by Gasteiger charge is -2.34. The Morgan fingerprint density at radius 1 is 1.25 bits per heavy atom. The Kier molecular flexibility index (Phi) is 5.52. The number of aromatic nitrogens is 2. The molecule has 1 aliphatic rings. The van der Waals surface area contributed by atoms with E-state index in [0.717, 1.165) is 34.6 Å². The number of anilines is 1. The molecule has 2 heterocycles. The molecule has 0 aliphatic carbocycles. The van der Waals surface area contributed by atoms with Crippen molar-refractivity contribution < 1.29 is 4.79 Å². The van der Waals surface area contributed by atoms with Crippen molar-refractivity contribution in [2.45, 2.75) is 13.3 Å². The van der Waals surface area contributed by atoms with Crippen LogP contribution < -0.4 is 10.2 Å². The normalized spacial score (nSPS) is 14.8. The smallest absolute Gasteiger partial charge is 0.317 e. The molecule has 8 heteroatoms. The van der Waals surface area contributed by atoms with E-state index in [4.69, 9.17) is 11.6 Å². The molecule has 2 aromatic rings. The molecule has 1 aromatic heterocycles. The Hall–Kier alpha value is -1.86. The summed E-state index contributed by atoms with van der Waals surface area (Å²) in [5.74, 6) is 0.823. The molecule has 128 valence electrons. The van der Waals surface area contributed by atoms with Crippen LogP contribution in [0.1, 0.15) is 18.3 Å². The van der Waals surface area contributed by atoms with Crippen molar-refractivity contribution in [3.05, 3.63) is 40.7 Å². The molecule has 1 fully saturated rings. The van der Waals surface area contributed by atoms with Gasteiger partial charge in [0.15, 0.2) is 0 Å². The SMILES string of the molecule is CCNC(=O)N1CCN(c2nc(Cc3ccc(Cl)cc3)ns2)CC1. The van der Waals surface area contributed by atoms with Crippen LogP contribution in [0.3, 0.4) is 0 Å². The Bertz CT molecular complexity index is 682. The fraction of sp³-hybridized carbons (Fsp3) is 0.438. The van der Waals surface area contributed by atoms with E-state index in [1.807, 2.05) is 36.1 Å². The number of carbonyl (C=O) groups excluding carboxylic acids is 1. The number of amides is 2. The second-order valence-electron chi connectivity index (χ2n) is 5.61. The van der Waals surface area contributed by atoms with Crippen LogP contribution in [0.25, 0.3) is 0 Å². The zero-order valence-corrected chi connectivity index (χ0v) is 15.1. The molecule has 1 saturated heterocycles. The lowest BCUT2D eigenvalue weighted by atomic mass is 10.1. The predicted molar refractivity (Wildman–Crippen MR) is 97.0 cm³/mol. The van der Waals surface area contributed by atoms with E-state index < -0.39 is 0 Å². The maximum Gasteiger partial charge on any atom is 0.317 e. The molecule has 0 unspecified atom stereocenters. The molecule has 6 nitrogen and oxygen atoms in total. The van der Waals surface area contributed by atoms with Gasteiger partial charge in [-0.05, 0) is 24.6 Å². The lowest BCUT2D eigenvalue weighted by molar-refractivity contribution is 0.195. The van der Waals surface area contributed by atoms with Gasteiger partial charge < -0.3 is 15.1 Å². The van der Waals surface area contributed by atoms with Crippen LogP contribution in [0, 0.1) is 0 Å². The number of carbonyl (C=O) groups is 1. The van der Waals surface area contributed by atoms with Crippen LogP contribution >= 0.6 is 23.1 Å². The van der Waals surface area contributed by atoms with E-state index in [2.05, 4.69) is 19.6 Å². The zero-order chi connectivity index (χ0) is 16.9. The first-order chi connectivity index (χ1) is 11.7. The van der Waals surface area contributed by atoms with Gasteiger partial charge in [-0.1, -0.05) is 23.7 Å². The quantitative estimate of drug-likeness (QED) is 0.904. The summed E-state index contributed by atoms with van der Waals surface area (Å²) < 4.78 is 4.46. The first-order valence-electron chi connectivity index (χ1n) is 8.00. The summed E-state index contributed by atoms with van der Waals surface area (Å²) in [6.45, 7) is 5.57. The van der Waals surface area contributed by atoms with E-state index in [1.54, 1.807) is 0 Å². The number of hydrogen-bond donors (Lipinski definition) is 1. The third-order valence-corrected chi connectivity index (χ3v) is 4.97. The number of nitrogens with one attached hydrogen (secondary N) is 1. The minimum atomic E-state index is 0.0119. The minimum absolute atomic E-state index is 0.0119. The van der Waals surface area contributed by atoms with Crippen LogP contribution in [0.5, 0.6) is 0 Å². The van der Waals surface area contributed by atoms with Gasteiger partial charge in [0.1, 0.15) is 5.82 Å². The second-order valence-corrected chi connectivity index (χ2v) is 6.77. The molecule has 1 aromatic carbocycles. The average Bonchev–Trinajstić information content (AvgIpc) is 3.06. The van der Waals surface area contributed by atoms with Crippen LogP contribution in [-0.2, 0) is 6.42 Å². The molecule has 1 N–H and O–H groups in total. The summed E-state index contributed by atoms with van der Waals surface area (Å²) in [4.78, 5) is 20.5. The fourth-order valence-corrected chi connectivity index (χ4v) is 3.46. The summed E-state index contributed by atoms with van der Waals surface area (Å²) in [6, 6.07) is 7.76. The van der Waals surface area contributed by atoms with Crippen molar-refractivity contribution in [2.24, 2.45) is 0 Å². The molecule has 0 atom stereocenters. The third-order valence-electron chi connectivity index (χ3n) is 3.90. The van der Waals surface area contributed by atoms with Crippen molar-refractivity contribution in [1.29, 1.82) is 0 Å². The van der Waals surface area contributed by atoms with Gasteiger partial charge in [0.2, 0.25) is 5.13 Å². The number of urea groups is 1. The first kappa shape index (κ1) is 17.0. The van der Waals surface area contributed by atoms with Gasteiger partial charge in [0, 0.05) is 55.7 Å². The molecule has 3 rings (SSSR count). The number of benzene rings is 1. The summed E-state index contributed by atoms with van der Waals surface area (Å²) in [7, 11) is 0. The van der Waals surface area contributed by atoms with E-state index >= 15 is 0 Å². The molecular weight excluding hydrogens is 346 g/mol. The van der Waals surface area contributed by atoms with E-state index in [-0.39, 0.29) is 6.03 Å². The van der Waals surface area contributed by atoms with Gasteiger partial charge in [0.05, 0.1) is 0 Å². The highest BCUT2D eigenvalue weighted by atomic mass is 35.5. The van der Waals surface area contributed by atoms with Crippen molar-refractivity contribution in [3.63, 3.8) is 0 Å². The topological polar surface area (TPSA) is 61.4 Å². The third kappa shape index (κ3) is 4.15. The molecule has 24 heavy (non-hydrogen) atoms. The average molecular weight is 366 g/mol. The Labute approximate surface area is 150 Å². The van der Waals surface area contributed by atoms with Crippen LogP contribution in [0.15, 0.2) is 24.3 Å². The molecule has 0 radical (unpaired) electrons. The largest absolute Gasteiger partial charge is 0.343 e. The number of nitrogens with zero attached hydrogens (tertiary/aromatic N) is 4. The van der Waals surface area contributed by atoms with Gasteiger partial charge in [-0.15, -0.1) is 0 Å². The standard InChI is InChI=1S/C16H20ClN5OS/c1-2-18-15(23)21-7-9-22(10-8-21)16-19-14(20-24-16)11-12-3-5-13(17)6-4-12/h3-6H,2,7-11H2,1H3,(H,18,23). The van der Waals surface area contributed by atoms with E-state index in [0.29, 0.717) is 26.1 Å². The van der Waals surface area contributed by atoms with E-state index in [1.165, 1.54) is 11.5 Å². The summed E-state index contributed by atoms with van der Waals surface area (Å²) in [6.07, 6.45) is 0.701. The molecule has 1 aliphatic heterocycles. The highest BCUT2D eigenvalue weighted by molar-refractivity contribution is 7.09. The predicted octanol–water partition coefficient (Wildman–Crippen LogP) is 2.63. The number of halogens is 1.